The molecule has 0 radical (unpaired) electrons. The predicted molar refractivity (Wildman–Crippen MR) is 134 cm³/mol. The van der Waals surface area contributed by atoms with Crippen LogP contribution in [0.2, 0.25) is 0 Å². The number of hydrogen-bond acceptors (Lipinski definition) is 1. The molecule has 1 saturated carbocycles. The van der Waals surface area contributed by atoms with Gasteiger partial charge in [-0.05, 0) is 109 Å². The van der Waals surface area contributed by atoms with E-state index in [4.69, 9.17) is 0 Å². The summed E-state index contributed by atoms with van der Waals surface area (Å²) in [7, 11) is 0. The molecule has 6 atom stereocenters. The number of rotatable bonds is 3. The molecule has 32 heavy (non-hydrogen) atoms. The first-order valence-electron chi connectivity index (χ1n) is 13.2. The minimum absolute atomic E-state index is 0.0290. The van der Waals surface area contributed by atoms with Crippen LogP contribution in [-0.2, 0) is 6.42 Å². The van der Waals surface area contributed by atoms with Crippen molar-refractivity contribution in [2.75, 3.05) is 0 Å². The monoisotopic (exact) mass is 432 g/mol. The Bertz CT molecular complexity index is 964. The van der Waals surface area contributed by atoms with Crippen LogP contribution in [0, 0.1) is 40.9 Å². The Balaban J connectivity index is 1.43. The Morgan fingerprint density at radius 3 is 2.56 bits per heavy atom. The Kier molecular flexibility index (Phi) is 5.32. The van der Waals surface area contributed by atoms with Gasteiger partial charge in [0.05, 0.1) is 6.10 Å². The zero-order valence-corrected chi connectivity index (χ0v) is 21.3. The van der Waals surface area contributed by atoms with Gasteiger partial charge in [-0.25, -0.2) is 0 Å². The maximum absolute atomic E-state index is 10.8. The fraction of sp³-hybridized carbons (Fsp3) is 0.677. The lowest BCUT2D eigenvalue weighted by atomic mass is 9.46. The van der Waals surface area contributed by atoms with Crippen LogP contribution >= 0.6 is 0 Å². The molecule has 1 heteroatoms. The summed E-state index contributed by atoms with van der Waals surface area (Å²) in [6, 6.07) is 9.13. The van der Waals surface area contributed by atoms with Gasteiger partial charge >= 0.3 is 0 Å². The maximum atomic E-state index is 10.8. The van der Waals surface area contributed by atoms with Crippen molar-refractivity contribution < 1.29 is 5.11 Å². The molecule has 1 aromatic carbocycles. The zero-order valence-electron chi connectivity index (χ0n) is 21.3. The van der Waals surface area contributed by atoms with Gasteiger partial charge in [-0.1, -0.05) is 76.1 Å². The molecule has 1 fully saturated rings. The molecule has 0 aromatic heterocycles. The lowest BCUT2D eigenvalue weighted by Crippen LogP contribution is -2.53. The largest absolute Gasteiger partial charge is 0.393 e. The standard InChI is InChI=1S/C31H44O/c1-20-8-7-9-22(18-20)19-21(2)24-11-12-25-23-10-13-27-29(3,4)28(32)15-17-31(27,6)26(23)14-16-30(24,25)5/h7-9,12,18,21,24,27-28,32H,10-11,13-17,19H2,1-6H3/t21-,24-,27+,28+,30-,31-/m1/s1. The molecule has 1 N–H and O–H groups in total. The van der Waals surface area contributed by atoms with Crippen molar-refractivity contribution in [2.45, 2.75) is 99.0 Å². The number of benzene rings is 1. The first kappa shape index (κ1) is 22.5. The molecule has 174 valence electrons. The summed E-state index contributed by atoms with van der Waals surface area (Å²) in [5, 5.41) is 10.8. The summed E-state index contributed by atoms with van der Waals surface area (Å²) in [5.41, 5.74) is 8.79. The van der Waals surface area contributed by atoms with Gasteiger partial charge in [-0.2, -0.15) is 0 Å². The highest BCUT2D eigenvalue weighted by Crippen LogP contribution is 2.66. The first-order valence-corrected chi connectivity index (χ1v) is 13.2. The van der Waals surface area contributed by atoms with Crippen molar-refractivity contribution in [1.82, 2.24) is 0 Å². The molecule has 0 aliphatic heterocycles. The van der Waals surface area contributed by atoms with Crippen molar-refractivity contribution in [2.24, 2.45) is 34.0 Å². The molecule has 0 bridgehead atoms. The minimum atomic E-state index is -0.144. The van der Waals surface area contributed by atoms with Crippen molar-refractivity contribution in [3.63, 3.8) is 0 Å². The minimum Gasteiger partial charge on any atom is -0.393 e. The normalized spacial score (nSPS) is 39.1. The van der Waals surface area contributed by atoms with E-state index < -0.39 is 0 Å². The van der Waals surface area contributed by atoms with E-state index >= 15 is 0 Å². The van der Waals surface area contributed by atoms with Gasteiger partial charge in [0, 0.05) is 0 Å². The zero-order chi connectivity index (χ0) is 22.9. The van der Waals surface area contributed by atoms with Crippen molar-refractivity contribution in [3.05, 3.63) is 58.2 Å². The highest BCUT2D eigenvalue weighted by atomic mass is 16.3. The number of aliphatic hydroxyl groups excluding tert-OH is 1. The van der Waals surface area contributed by atoms with E-state index in [1.54, 1.807) is 16.7 Å². The predicted octanol–water partition coefficient (Wildman–Crippen LogP) is 7.81. The Hall–Kier alpha value is -1.34. The Morgan fingerprint density at radius 1 is 1.03 bits per heavy atom. The summed E-state index contributed by atoms with van der Waals surface area (Å²) < 4.78 is 0. The number of allylic oxidation sites excluding steroid dienone is 4. The lowest BCUT2D eigenvalue weighted by Gasteiger charge is -2.59. The topological polar surface area (TPSA) is 20.2 Å². The highest BCUT2D eigenvalue weighted by molar-refractivity contribution is 5.50. The Labute approximate surface area is 196 Å². The van der Waals surface area contributed by atoms with E-state index in [1.807, 2.05) is 0 Å². The van der Waals surface area contributed by atoms with Crippen molar-refractivity contribution in [3.8, 4) is 0 Å². The molecule has 5 rings (SSSR count). The second-order valence-corrected chi connectivity index (χ2v) is 12.9. The number of hydrogen-bond donors (Lipinski definition) is 1. The van der Waals surface area contributed by atoms with Gasteiger partial charge < -0.3 is 5.11 Å². The van der Waals surface area contributed by atoms with Gasteiger partial charge in [-0.15, -0.1) is 0 Å². The molecular weight excluding hydrogens is 388 g/mol. The van der Waals surface area contributed by atoms with Crippen LogP contribution in [0.3, 0.4) is 0 Å². The molecule has 4 aliphatic carbocycles. The van der Waals surface area contributed by atoms with E-state index in [9.17, 15) is 5.11 Å². The number of aliphatic hydroxyl groups is 1. The van der Waals surface area contributed by atoms with Crippen molar-refractivity contribution in [1.29, 1.82) is 0 Å². The average Bonchev–Trinajstić information content (AvgIpc) is 3.08. The van der Waals surface area contributed by atoms with Gasteiger partial charge in [-0.3, -0.25) is 0 Å². The molecule has 0 spiro atoms. The van der Waals surface area contributed by atoms with Crippen molar-refractivity contribution >= 4 is 0 Å². The maximum Gasteiger partial charge on any atom is 0.0594 e. The second-order valence-electron chi connectivity index (χ2n) is 12.9. The van der Waals surface area contributed by atoms with Crippen LogP contribution in [0.5, 0.6) is 0 Å². The lowest BCUT2D eigenvalue weighted by molar-refractivity contribution is -0.0905. The quantitative estimate of drug-likeness (QED) is 0.516. The van der Waals surface area contributed by atoms with Crippen LogP contribution in [0.15, 0.2) is 47.1 Å². The summed E-state index contributed by atoms with van der Waals surface area (Å²) in [6.45, 7) is 14.5. The molecule has 0 unspecified atom stereocenters. The summed E-state index contributed by atoms with van der Waals surface area (Å²) in [5.74, 6) is 2.07. The van der Waals surface area contributed by atoms with Gasteiger partial charge in [0.1, 0.15) is 0 Å². The fourth-order valence-electron chi connectivity index (χ4n) is 8.93. The van der Waals surface area contributed by atoms with E-state index in [0.29, 0.717) is 17.3 Å². The molecule has 0 amide bonds. The SMILES string of the molecule is Cc1cccc(C[C@@H](C)[C@H]2CC=C3C4=C(CC[C@@]32C)[C@@]2(C)CC[C@H](O)C(C)(C)[C@@H]2CC4)c1. The molecule has 4 aliphatic rings. The van der Waals surface area contributed by atoms with E-state index in [2.05, 4.69) is 71.9 Å². The third-order valence-electron chi connectivity index (χ3n) is 10.8. The van der Waals surface area contributed by atoms with Gasteiger partial charge in [0.25, 0.3) is 0 Å². The smallest absolute Gasteiger partial charge is 0.0594 e. The molecule has 1 aromatic rings. The van der Waals surface area contributed by atoms with Crippen LogP contribution < -0.4 is 0 Å². The van der Waals surface area contributed by atoms with Crippen LogP contribution in [0.4, 0.5) is 0 Å². The average molecular weight is 433 g/mol. The summed E-state index contributed by atoms with van der Waals surface area (Å²) in [4.78, 5) is 0. The second kappa shape index (κ2) is 7.59. The number of fused-ring (bicyclic) bond motifs is 4. The highest BCUT2D eigenvalue weighted by Gasteiger charge is 2.57. The first-order chi connectivity index (χ1) is 15.1. The van der Waals surface area contributed by atoms with E-state index in [0.717, 1.165) is 18.8 Å². The number of aryl methyl sites for hydroxylation is 1. The van der Waals surface area contributed by atoms with Gasteiger partial charge in [0.2, 0.25) is 0 Å². The third-order valence-corrected chi connectivity index (χ3v) is 10.8. The molecule has 0 heterocycles. The fourth-order valence-corrected chi connectivity index (χ4v) is 8.93. The Morgan fingerprint density at radius 2 is 1.81 bits per heavy atom. The summed E-state index contributed by atoms with van der Waals surface area (Å²) in [6.07, 6.45) is 12.1. The molecular formula is C31H44O. The van der Waals surface area contributed by atoms with Gasteiger partial charge in [0.15, 0.2) is 0 Å². The van der Waals surface area contributed by atoms with E-state index in [-0.39, 0.29) is 16.9 Å². The van der Waals surface area contributed by atoms with E-state index in [1.165, 1.54) is 49.7 Å². The molecule has 1 nitrogen and oxygen atoms in total. The van der Waals surface area contributed by atoms with Crippen LogP contribution in [0.1, 0.15) is 90.7 Å². The molecule has 0 saturated heterocycles. The van der Waals surface area contributed by atoms with Crippen LogP contribution in [-0.4, -0.2) is 11.2 Å². The summed E-state index contributed by atoms with van der Waals surface area (Å²) >= 11 is 0. The third kappa shape index (κ3) is 3.21. The van der Waals surface area contributed by atoms with Crippen LogP contribution in [0.25, 0.3) is 0 Å².